The van der Waals surface area contributed by atoms with E-state index in [1.165, 1.54) is 38.6 Å². The second-order valence-corrected chi connectivity index (χ2v) is 6.64. The van der Waals surface area contributed by atoms with E-state index in [4.69, 9.17) is 0 Å². The maximum atomic E-state index is 2.40. The van der Waals surface area contributed by atoms with E-state index in [-0.39, 0.29) is 0 Å². The van der Waals surface area contributed by atoms with Crippen LogP contribution >= 0.6 is 0 Å². The van der Waals surface area contributed by atoms with E-state index >= 15 is 0 Å². The number of fused-ring (bicyclic) bond motifs is 3. The van der Waals surface area contributed by atoms with Gasteiger partial charge in [0.05, 0.1) is 11.0 Å². The summed E-state index contributed by atoms with van der Waals surface area (Å²) in [5, 5.41) is 2.61. The van der Waals surface area contributed by atoms with Gasteiger partial charge in [-0.15, -0.1) is 0 Å². The highest BCUT2D eigenvalue weighted by atomic mass is 15.0. The molecule has 0 atom stereocenters. The summed E-state index contributed by atoms with van der Waals surface area (Å²) < 4.78 is 2.40. The fourth-order valence-corrected chi connectivity index (χ4v) is 3.55. The molecule has 0 aliphatic rings. The minimum absolute atomic E-state index is 0.919. The van der Waals surface area contributed by atoms with Crippen molar-refractivity contribution in [1.29, 1.82) is 0 Å². The molecular formula is C25H23N. The van der Waals surface area contributed by atoms with Gasteiger partial charge in [-0.2, -0.15) is 0 Å². The van der Waals surface area contributed by atoms with E-state index in [0.29, 0.717) is 0 Å². The van der Waals surface area contributed by atoms with Crippen molar-refractivity contribution in [2.24, 2.45) is 0 Å². The second-order valence-electron chi connectivity index (χ2n) is 6.64. The Hall–Kier alpha value is -3.06. The van der Waals surface area contributed by atoms with Crippen molar-refractivity contribution in [2.75, 3.05) is 0 Å². The Kier molecular flexibility index (Phi) is 4.45. The van der Waals surface area contributed by atoms with E-state index in [9.17, 15) is 0 Å². The third-order valence-corrected chi connectivity index (χ3v) is 4.99. The zero-order chi connectivity index (χ0) is 17.9. The van der Waals surface area contributed by atoms with Crippen LogP contribution in [0.1, 0.15) is 19.4 Å². The van der Waals surface area contributed by atoms with Gasteiger partial charge in [0.15, 0.2) is 0 Å². The normalized spacial score (nSPS) is 12.5. The molecule has 0 saturated heterocycles. The number of allylic oxidation sites excluding steroid dienone is 4. The van der Waals surface area contributed by atoms with E-state index in [0.717, 1.165) is 6.42 Å². The van der Waals surface area contributed by atoms with Crippen molar-refractivity contribution in [2.45, 2.75) is 20.3 Å². The Morgan fingerprint density at radius 1 is 0.808 bits per heavy atom. The molecule has 1 heteroatoms. The number of hydrogen-bond donors (Lipinski definition) is 0. The fraction of sp³-hybridized carbons (Fsp3) is 0.120. The average molecular weight is 337 g/mol. The first kappa shape index (κ1) is 16.4. The first-order valence-electron chi connectivity index (χ1n) is 9.15. The number of para-hydroxylation sites is 3. The maximum Gasteiger partial charge on any atom is 0.0541 e. The predicted octanol–water partition coefficient (Wildman–Crippen LogP) is 6.85. The van der Waals surface area contributed by atoms with Crippen LogP contribution in [0.5, 0.6) is 0 Å². The van der Waals surface area contributed by atoms with E-state index in [1.54, 1.807) is 0 Å². The first-order valence-corrected chi connectivity index (χ1v) is 9.15. The van der Waals surface area contributed by atoms with Gasteiger partial charge >= 0.3 is 0 Å². The minimum Gasteiger partial charge on any atom is -0.309 e. The van der Waals surface area contributed by atoms with E-state index in [1.807, 2.05) is 0 Å². The van der Waals surface area contributed by atoms with Gasteiger partial charge in [-0.05, 0) is 44.0 Å². The van der Waals surface area contributed by atoms with Crippen LogP contribution in [0.3, 0.4) is 0 Å². The first-order chi connectivity index (χ1) is 12.8. The summed E-state index contributed by atoms with van der Waals surface area (Å²) >= 11 is 0. The molecule has 0 radical (unpaired) electrons. The summed E-state index contributed by atoms with van der Waals surface area (Å²) in [6.07, 6.45) is 7.50. The summed E-state index contributed by atoms with van der Waals surface area (Å²) in [7, 11) is 0. The Morgan fingerprint density at radius 3 is 2.04 bits per heavy atom. The molecule has 0 unspecified atom stereocenters. The molecule has 0 aliphatic carbocycles. The van der Waals surface area contributed by atoms with Crippen LogP contribution in [0.2, 0.25) is 0 Å². The molecule has 128 valence electrons. The molecule has 4 aromatic rings. The minimum atomic E-state index is 0.919. The number of benzene rings is 3. The molecule has 3 aromatic carbocycles. The van der Waals surface area contributed by atoms with Crippen LogP contribution < -0.4 is 0 Å². The summed E-state index contributed by atoms with van der Waals surface area (Å²) in [6, 6.07) is 26.0. The smallest absolute Gasteiger partial charge is 0.0541 e. The van der Waals surface area contributed by atoms with Crippen LogP contribution in [0.15, 0.2) is 96.6 Å². The lowest BCUT2D eigenvalue weighted by Crippen LogP contribution is -1.98. The van der Waals surface area contributed by atoms with E-state index in [2.05, 4.69) is 109 Å². The van der Waals surface area contributed by atoms with Gasteiger partial charge in [-0.1, -0.05) is 78.4 Å². The lowest BCUT2D eigenvalue weighted by Gasteiger charge is -2.12. The molecule has 0 amide bonds. The van der Waals surface area contributed by atoms with Crippen LogP contribution in [0.4, 0.5) is 0 Å². The van der Waals surface area contributed by atoms with Crippen LogP contribution in [-0.2, 0) is 6.42 Å². The van der Waals surface area contributed by atoms with Gasteiger partial charge in [-0.25, -0.2) is 0 Å². The molecule has 1 nitrogen and oxygen atoms in total. The highest BCUT2D eigenvalue weighted by Gasteiger charge is 2.13. The van der Waals surface area contributed by atoms with Gasteiger partial charge in [-0.3, -0.25) is 0 Å². The molecular weight excluding hydrogens is 314 g/mol. The van der Waals surface area contributed by atoms with Gasteiger partial charge in [0.1, 0.15) is 0 Å². The molecule has 0 bridgehead atoms. The number of hydrogen-bond acceptors (Lipinski definition) is 0. The van der Waals surface area contributed by atoms with E-state index < -0.39 is 0 Å². The summed E-state index contributed by atoms with van der Waals surface area (Å²) in [6.45, 7) is 4.21. The van der Waals surface area contributed by atoms with Gasteiger partial charge in [0.25, 0.3) is 0 Å². The number of rotatable bonds is 4. The van der Waals surface area contributed by atoms with Crippen molar-refractivity contribution in [3.63, 3.8) is 0 Å². The Morgan fingerprint density at radius 2 is 1.38 bits per heavy atom. The zero-order valence-corrected chi connectivity index (χ0v) is 15.3. The second kappa shape index (κ2) is 7.05. The van der Waals surface area contributed by atoms with Crippen LogP contribution in [0, 0.1) is 0 Å². The molecule has 26 heavy (non-hydrogen) atoms. The monoisotopic (exact) mass is 337 g/mol. The molecule has 4 rings (SSSR count). The summed E-state index contributed by atoms with van der Waals surface area (Å²) in [5.74, 6) is 0. The van der Waals surface area contributed by atoms with Crippen LogP contribution in [-0.4, -0.2) is 4.57 Å². The molecule has 0 spiro atoms. The molecule has 0 N–H and O–H groups in total. The highest BCUT2D eigenvalue weighted by Crippen LogP contribution is 2.32. The lowest BCUT2D eigenvalue weighted by molar-refractivity contribution is 1.11. The number of nitrogens with zero attached hydrogens (tertiary/aromatic N) is 1. The quantitative estimate of drug-likeness (QED) is 0.359. The largest absolute Gasteiger partial charge is 0.309 e. The van der Waals surface area contributed by atoms with Crippen molar-refractivity contribution < 1.29 is 0 Å². The SMILES string of the molecule is C/C=C(C)\C=C/Cc1ccccc1-n1c2ccccc2c2ccccc21. The van der Waals surface area contributed by atoms with Gasteiger partial charge < -0.3 is 4.57 Å². The maximum absolute atomic E-state index is 2.40. The van der Waals surface area contributed by atoms with Crippen molar-refractivity contribution in [3.8, 4) is 5.69 Å². The molecule has 1 heterocycles. The Labute approximate surface area is 154 Å². The predicted molar refractivity (Wildman–Crippen MR) is 113 cm³/mol. The molecule has 0 aliphatic heterocycles. The van der Waals surface area contributed by atoms with Crippen molar-refractivity contribution in [1.82, 2.24) is 4.57 Å². The zero-order valence-electron chi connectivity index (χ0n) is 15.3. The van der Waals surface area contributed by atoms with Gasteiger partial charge in [0, 0.05) is 16.5 Å². The Bertz CT molecular complexity index is 1070. The van der Waals surface area contributed by atoms with Crippen molar-refractivity contribution >= 4 is 21.8 Å². The average Bonchev–Trinajstić information content (AvgIpc) is 3.03. The Balaban J connectivity index is 1.92. The summed E-state index contributed by atoms with van der Waals surface area (Å²) in [4.78, 5) is 0. The standard InChI is InChI=1S/C25H23N/c1-3-19(2)11-10-13-20-12-4-7-16-23(20)26-24-17-8-5-14-21(24)22-15-6-9-18-25(22)26/h3-12,14-18H,13H2,1-2H3/b11-10-,19-3-. The molecule has 0 fully saturated rings. The third-order valence-electron chi connectivity index (χ3n) is 4.99. The number of aromatic nitrogens is 1. The van der Waals surface area contributed by atoms with Crippen molar-refractivity contribution in [3.05, 3.63) is 102 Å². The third kappa shape index (κ3) is 2.86. The molecule has 0 saturated carbocycles. The molecule has 1 aromatic heterocycles. The van der Waals surface area contributed by atoms with Crippen LogP contribution in [0.25, 0.3) is 27.5 Å². The lowest BCUT2D eigenvalue weighted by atomic mass is 10.1. The van der Waals surface area contributed by atoms with Gasteiger partial charge in [0.2, 0.25) is 0 Å². The fourth-order valence-electron chi connectivity index (χ4n) is 3.55. The topological polar surface area (TPSA) is 4.93 Å². The summed E-state index contributed by atoms with van der Waals surface area (Å²) in [5.41, 5.74) is 6.40. The highest BCUT2D eigenvalue weighted by molar-refractivity contribution is 6.09.